The van der Waals surface area contributed by atoms with Gasteiger partial charge in [0.15, 0.2) is 5.69 Å². The summed E-state index contributed by atoms with van der Waals surface area (Å²) in [5.41, 5.74) is 2.59. The third kappa shape index (κ3) is 4.80. The summed E-state index contributed by atoms with van der Waals surface area (Å²) in [5.74, 6) is 0.590. The summed E-state index contributed by atoms with van der Waals surface area (Å²) in [5, 5.41) is 0.659. The summed E-state index contributed by atoms with van der Waals surface area (Å²) >= 11 is 0. The van der Waals surface area contributed by atoms with Crippen LogP contribution in [0.4, 0.5) is 13.2 Å². The van der Waals surface area contributed by atoms with E-state index in [2.05, 4.69) is 19.9 Å². The highest BCUT2D eigenvalue weighted by molar-refractivity contribution is 6.02. The van der Waals surface area contributed by atoms with Gasteiger partial charge >= 0.3 is 6.18 Å². The Balaban J connectivity index is 1.35. The van der Waals surface area contributed by atoms with Crippen molar-refractivity contribution in [3.63, 3.8) is 0 Å². The summed E-state index contributed by atoms with van der Waals surface area (Å²) in [4.78, 5) is 32.0. The van der Waals surface area contributed by atoms with Gasteiger partial charge in [0.05, 0.1) is 30.4 Å². The van der Waals surface area contributed by atoms with Gasteiger partial charge in [0.2, 0.25) is 11.8 Å². The highest BCUT2D eigenvalue weighted by Crippen LogP contribution is 2.38. The van der Waals surface area contributed by atoms with Crippen molar-refractivity contribution in [2.24, 2.45) is 13.0 Å². The molecule has 0 spiro atoms. The number of carbonyl (C=O) groups excluding carboxylic acids is 1. The normalized spacial score (nSPS) is 15.6. The summed E-state index contributed by atoms with van der Waals surface area (Å²) in [6.45, 7) is 0.132. The van der Waals surface area contributed by atoms with E-state index in [-0.39, 0.29) is 42.5 Å². The molecular formula is C29H27F3N6O2. The molecule has 0 radical (unpaired) electrons. The Kier molecular flexibility index (Phi) is 6.52. The van der Waals surface area contributed by atoms with E-state index >= 15 is 0 Å². The van der Waals surface area contributed by atoms with Gasteiger partial charge in [-0.15, -0.1) is 0 Å². The first-order chi connectivity index (χ1) is 19.2. The van der Waals surface area contributed by atoms with Crippen LogP contribution in [0.3, 0.4) is 0 Å². The number of amides is 1. The monoisotopic (exact) mass is 548 g/mol. The first kappa shape index (κ1) is 26.0. The molecule has 1 fully saturated rings. The maximum Gasteiger partial charge on any atom is 0.433 e. The molecule has 206 valence electrons. The fraction of sp³-hybridized carbons (Fsp3) is 0.345. The summed E-state index contributed by atoms with van der Waals surface area (Å²) < 4.78 is 49.0. The van der Waals surface area contributed by atoms with Crippen LogP contribution >= 0.6 is 0 Å². The number of methoxy groups -OCH3 is 1. The summed E-state index contributed by atoms with van der Waals surface area (Å²) in [6.07, 6.45) is 2.42. The van der Waals surface area contributed by atoms with E-state index in [1.165, 1.54) is 24.4 Å². The van der Waals surface area contributed by atoms with Crippen molar-refractivity contribution in [2.45, 2.75) is 38.4 Å². The number of fused-ring (bicyclic) bond motifs is 2. The molecule has 1 aliphatic carbocycles. The predicted octanol–water partition coefficient (Wildman–Crippen LogP) is 5.00. The number of halogens is 3. The van der Waals surface area contributed by atoms with E-state index in [1.807, 2.05) is 41.9 Å². The highest BCUT2D eigenvalue weighted by atomic mass is 19.4. The lowest BCUT2D eigenvalue weighted by Crippen LogP contribution is -2.37. The van der Waals surface area contributed by atoms with Gasteiger partial charge in [-0.3, -0.25) is 4.79 Å². The van der Waals surface area contributed by atoms with E-state index in [4.69, 9.17) is 4.74 Å². The zero-order valence-corrected chi connectivity index (χ0v) is 22.1. The van der Waals surface area contributed by atoms with Crippen molar-refractivity contribution in [2.75, 3.05) is 13.7 Å². The van der Waals surface area contributed by atoms with Gasteiger partial charge in [0, 0.05) is 37.2 Å². The van der Waals surface area contributed by atoms with Gasteiger partial charge in [0.25, 0.3) is 0 Å². The maximum atomic E-state index is 13.8. The first-order valence-electron chi connectivity index (χ1n) is 13.1. The molecule has 4 heterocycles. The number of hydrogen-bond donors (Lipinski definition) is 0. The van der Waals surface area contributed by atoms with E-state index in [9.17, 15) is 18.0 Å². The molecule has 1 aliphatic heterocycles. The van der Waals surface area contributed by atoms with E-state index in [0.29, 0.717) is 34.8 Å². The van der Waals surface area contributed by atoms with Crippen LogP contribution in [0.1, 0.15) is 41.2 Å². The second-order valence-electron chi connectivity index (χ2n) is 10.2. The SMILES string of the molecule is COc1ncnc2c1c(/C=C/C(=O)N1CCc3c(nc(CC4CC4)nc3C(F)(F)F)C1)c(-c1ccccc1)n2C. The van der Waals surface area contributed by atoms with Crippen LogP contribution in [0.5, 0.6) is 5.88 Å². The molecule has 8 nitrogen and oxygen atoms in total. The Labute approximate surface area is 228 Å². The number of ether oxygens (including phenoxy) is 1. The van der Waals surface area contributed by atoms with Crippen LogP contribution in [-0.2, 0) is 37.4 Å². The number of nitrogens with zero attached hydrogens (tertiary/aromatic N) is 6. The second kappa shape index (κ2) is 10.0. The Morgan fingerprint density at radius 1 is 1.15 bits per heavy atom. The maximum absolute atomic E-state index is 13.8. The van der Waals surface area contributed by atoms with Crippen LogP contribution in [-0.4, -0.2) is 49.0 Å². The van der Waals surface area contributed by atoms with E-state index < -0.39 is 11.9 Å². The molecule has 40 heavy (non-hydrogen) atoms. The lowest BCUT2D eigenvalue weighted by molar-refractivity contribution is -0.142. The number of alkyl halides is 3. The first-order valence-corrected chi connectivity index (χ1v) is 13.1. The number of rotatable bonds is 6. The molecule has 1 aromatic carbocycles. The number of benzene rings is 1. The lowest BCUT2D eigenvalue weighted by Gasteiger charge is -2.29. The Morgan fingerprint density at radius 3 is 2.62 bits per heavy atom. The van der Waals surface area contributed by atoms with Crippen LogP contribution in [0.25, 0.3) is 28.4 Å². The van der Waals surface area contributed by atoms with E-state index in [0.717, 1.165) is 24.1 Å². The third-order valence-corrected chi connectivity index (χ3v) is 7.46. The Hall–Kier alpha value is -4.28. The van der Waals surface area contributed by atoms with Gasteiger partial charge in [-0.05, 0) is 36.8 Å². The van der Waals surface area contributed by atoms with Gasteiger partial charge in [-0.1, -0.05) is 30.3 Å². The summed E-state index contributed by atoms with van der Waals surface area (Å²) in [6, 6.07) is 9.70. The van der Waals surface area contributed by atoms with Crippen molar-refractivity contribution in [1.82, 2.24) is 29.4 Å². The molecule has 0 unspecified atom stereocenters. The average Bonchev–Trinajstić information content (AvgIpc) is 3.72. The third-order valence-electron chi connectivity index (χ3n) is 7.46. The molecule has 2 aliphatic rings. The molecule has 1 saturated carbocycles. The summed E-state index contributed by atoms with van der Waals surface area (Å²) in [7, 11) is 3.41. The molecule has 0 bridgehead atoms. The molecule has 4 aromatic rings. The molecule has 0 N–H and O–H groups in total. The van der Waals surface area contributed by atoms with Gasteiger partial charge in [0.1, 0.15) is 17.8 Å². The van der Waals surface area contributed by atoms with Gasteiger partial charge in [-0.2, -0.15) is 13.2 Å². The topological polar surface area (TPSA) is 86.0 Å². The molecular weight excluding hydrogens is 521 g/mol. The Morgan fingerprint density at radius 2 is 1.93 bits per heavy atom. The average molecular weight is 549 g/mol. The van der Waals surface area contributed by atoms with Crippen molar-refractivity contribution in [1.29, 1.82) is 0 Å². The van der Waals surface area contributed by atoms with Crippen molar-refractivity contribution < 1.29 is 22.7 Å². The second-order valence-corrected chi connectivity index (χ2v) is 10.2. The minimum Gasteiger partial charge on any atom is -0.480 e. The lowest BCUT2D eigenvalue weighted by atomic mass is 10.0. The Bertz CT molecular complexity index is 1630. The van der Waals surface area contributed by atoms with E-state index in [1.54, 1.807) is 6.08 Å². The van der Waals surface area contributed by atoms with Crippen LogP contribution < -0.4 is 4.74 Å². The minimum atomic E-state index is -4.57. The number of aromatic nitrogens is 5. The molecule has 3 aromatic heterocycles. The van der Waals surface area contributed by atoms with Crippen molar-refractivity contribution in [3.8, 4) is 17.1 Å². The van der Waals surface area contributed by atoms with Crippen molar-refractivity contribution in [3.05, 3.63) is 71.1 Å². The van der Waals surface area contributed by atoms with Crippen LogP contribution in [0.15, 0.2) is 42.7 Å². The molecule has 0 atom stereocenters. The van der Waals surface area contributed by atoms with Gasteiger partial charge in [-0.25, -0.2) is 19.9 Å². The molecule has 0 saturated heterocycles. The standard InChI is InChI=1S/C29H27F3N6O2/c1-37-25(18-6-4-3-5-7-18)20(24-27(37)33-16-34-28(24)40-2)10-11-23(39)38-13-12-19-21(15-38)35-22(14-17-8-9-17)36-26(19)29(30,31)32/h3-7,10-11,16-17H,8-9,12-15H2,1-2H3/b11-10+. The highest BCUT2D eigenvalue weighted by Gasteiger charge is 2.39. The fourth-order valence-corrected chi connectivity index (χ4v) is 5.35. The molecule has 1 amide bonds. The molecule has 11 heteroatoms. The van der Waals surface area contributed by atoms with Gasteiger partial charge < -0.3 is 14.2 Å². The number of hydrogen-bond acceptors (Lipinski definition) is 6. The quantitative estimate of drug-likeness (QED) is 0.315. The predicted molar refractivity (Wildman–Crippen MR) is 142 cm³/mol. The number of carbonyl (C=O) groups is 1. The zero-order chi connectivity index (χ0) is 28.0. The number of aryl methyl sites for hydroxylation is 1. The smallest absolute Gasteiger partial charge is 0.433 e. The van der Waals surface area contributed by atoms with Crippen LogP contribution in [0.2, 0.25) is 0 Å². The van der Waals surface area contributed by atoms with Crippen LogP contribution in [0, 0.1) is 5.92 Å². The minimum absolute atomic E-state index is 0.00468. The molecule has 6 rings (SSSR count). The largest absolute Gasteiger partial charge is 0.480 e. The van der Waals surface area contributed by atoms with Crippen molar-refractivity contribution >= 4 is 23.0 Å². The zero-order valence-electron chi connectivity index (χ0n) is 22.1. The fourth-order valence-electron chi connectivity index (χ4n) is 5.35.